The van der Waals surface area contributed by atoms with Crippen molar-refractivity contribution in [2.45, 2.75) is 39.2 Å². The maximum Gasteiger partial charge on any atom is 0.325 e. The normalized spacial score (nSPS) is 19.2. The molecule has 0 radical (unpaired) electrons. The van der Waals surface area contributed by atoms with Crippen LogP contribution in [0.2, 0.25) is 0 Å². The average molecular weight is 461 g/mol. The fourth-order valence-electron chi connectivity index (χ4n) is 5.07. The lowest BCUT2D eigenvalue weighted by Crippen LogP contribution is -2.42. The maximum atomic E-state index is 13.2. The van der Waals surface area contributed by atoms with Crippen molar-refractivity contribution in [1.82, 2.24) is 15.2 Å². The zero-order valence-corrected chi connectivity index (χ0v) is 19.5. The van der Waals surface area contributed by atoms with Gasteiger partial charge >= 0.3 is 6.03 Å². The van der Waals surface area contributed by atoms with Gasteiger partial charge in [0.1, 0.15) is 12.1 Å². The molecule has 1 spiro atoms. The standard InChI is InChI=1S/C25H24N4O3S/c1-14-10-15(2)21(16(3)11-14)19-13-33-23(26-19)27-20(30)12-29-22(31)25(28-24(29)32)9-8-17-6-4-5-7-18(17)25/h4-7,10-11,13H,8-9,12H2,1-3H3,(H,28,32)(H,26,27,30). The van der Waals surface area contributed by atoms with Crippen molar-refractivity contribution in [3.63, 3.8) is 0 Å². The number of anilines is 1. The van der Waals surface area contributed by atoms with Gasteiger partial charge in [-0.25, -0.2) is 9.78 Å². The molecule has 1 unspecified atom stereocenters. The Bertz CT molecular complexity index is 1290. The van der Waals surface area contributed by atoms with Gasteiger partial charge in [0.2, 0.25) is 5.91 Å². The summed E-state index contributed by atoms with van der Waals surface area (Å²) in [5, 5.41) is 7.92. The van der Waals surface area contributed by atoms with Crippen LogP contribution in [0.15, 0.2) is 41.8 Å². The Morgan fingerprint density at radius 2 is 1.91 bits per heavy atom. The highest BCUT2D eigenvalue weighted by molar-refractivity contribution is 7.14. The highest BCUT2D eigenvalue weighted by atomic mass is 32.1. The third-order valence-corrected chi connectivity index (χ3v) is 7.17. The van der Waals surface area contributed by atoms with Crippen LogP contribution < -0.4 is 10.6 Å². The molecule has 1 atom stereocenters. The molecular weight excluding hydrogens is 436 g/mol. The van der Waals surface area contributed by atoms with Gasteiger partial charge < -0.3 is 10.6 Å². The van der Waals surface area contributed by atoms with Gasteiger partial charge in [0.25, 0.3) is 5.91 Å². The van der Waals surface area contributed by atoms with E-state index in [1.807, 2.05) is 43.5 Å². The van der Waals surface area contributed by atoms with Crippen LogP contribution in [0.3, 0.4) is 0 Å². The van der Waals surface area contributed by atoms with E-state index in [-0.39, 0.29) is 12.5 Å². The quantitative estimate of drug-likeness (QED) is 0.574. The minimum absolute atomic E-state index is 0.355. The number of thiazole rings is 1. The van der Waals surface area contributed by atoms with Crippen LogP contribution in [0.5, 0.6) is 0 Å². The van der Waals surface area contributed by atoms with E-state index in [1.54, 1.807) is 0 Å². The molecule has 2 aliphatic rings. The van der Waals surface area contributed by atoms with E-state index in [0.29, 0.717) is 18.0 Å². The molecule has 7 nitrogen and oxygen atoms in total. The predicted octanol–water partition coefficient (Wildman–Crippen LogP) is 4.07. The lowest BCUT2D eigenvalue weighted by Gasteiger charge is -2.22. The molecule has 1 saturated heterocycles. The van der Waals surface area contributed by atoms with Crippen molar-refractivity contribution in [3.05, 3.63) is 69.6 Å². The van der Waals surface area contributed by atoms with E-state index in [1.165, 1.54) is 16.9 Å². The Hall–Kier alpha value is -3.52. The number of amides is 4. The fourth-order valence-corrected chi connectivity index (χ4v) is 5.78. The Kier molecular flexibility index (Phi) is 5.05. The lowest BCUT2D eigenvalue weighted by atomic mass is 9.92. The third-order valence-electron chi connectivity index (χ3n) is 6.41. The molecule has 2 heterocycles. The number of rotatable bonds is 4. The number of nitrogens with zero attached hydrogens (tertiary/aromatic N) is 2. The molecule has 1 fully saturated rings. The third kappa shape index (κ3) is 3.51. The van der Waals surface area contributed by atoms with Crippen LogP contribution in [0.1, 0.15) is 34.2 Å². The topological polar surface area (TPSA) is 91.4 Å². The zero-order chi connectivity index (χ0) is 23.3. The molecule has 1 aromatic heterocycles. The summed E-state index contributed by atoms with van der Waals surface area (Å²) in [6.07, 6.45) is 1.21. The first-order chi connectivity index (χ1) is 15.8. The smallest absolute Gasteiger partial charge is 0.319 e. The number of aromatic nitrogens is 1. The van der Waals surface area contributed by atoms with Crippen LogP contribution in [0.25, 0.3) is 11.3 Å². The van der Waals surface area contributed by atoms with Crippen molar-refractivity contribution in [1.29, 1.82) is 0 Å². The molecule has 4 amide bonds. The monoisotopic (exact) mass is 460 g/mol. The summed E-state index contributed by atoms with van der Waals surface area (Å²) in [5.74, 6) is -0.835. The lowest BCUT2D eigenvalue weighted by molar-refractivity contribution is -0.134. The second-order valence-electron chi connectivity index (χ2n) is 8.74. The highest BCUT2D eigenvalue weighted by Gasteiger charge is 2.55. The number of hydrogen-bond acceptors (Lipinski definition) is 5. The van der Waals surface area contributed by atoms with Crippen molar-refractivity contribution < 1.29 is 14.4 Å². The second-order valence-corrected chi connectivity index (χ2v) is 9.60. The first-order valence-corrected chi connectivity index (χ1v) is 11.7. The number of imide groups is 1. The molecule has 33 heavy (non-hydrogen) atoms. The highest BCUT2D eigenvalue weighted by Crippen LogP contribution is 2.41. The molecule has 8 heteroatoms. The summed E-state index contributed by atoms with van der Waals surface area (Å²) in [4.78, 5) is 44.2. The minimum Gasteiger partial charge on any atom is -0.319 e. The summed E-state index contributed by atoms with van der Waals surface area (Å²) in [6.45, 7) is 5.79. The van der Waals surface area contributed by atoms with E-state index in [0.717, 1.165) is 38.4 Å². The summed E-state index contributed by atoms with van der Waals surface area (Å²) in [6, 6.07) is 11.3. The molecule has 0 bridgehead atoms. The van der Waals surface area contributed by atoms with Crippen molar-refractivity contribution in [2.24, 2.45) is 0 Å². The molecule has 1 aliphatic heterocycles. The number of nitrogens with one attached hydrogen (secondary N) is 2. The van der Waals surface area contributed by atoms with E-state index in [4.69, 9.17) is 0 Å². The number of aryl methyl sites for hydroxylation is 4. The van der Waals surface area contributed by atoms with E-state index < -0.39 is 17.5 Å². The average Bonchev–Trinajstić information content (AvgIpc) is 3.42. The van der Waals surface area contributed by atoms with E-state index >= 15 is 0 Å². The maximum absolute atomic E-state index is 13.2. The van der Waals surface area contributed by atoms with Gasteiger partial charge in [-0.1, -0.05) is 42.0 Å². The predicted molar refractivity (Wildman–Crippen MR) is 127 cm³/mol. The van der Waals surface area contributed by atoms with Crippen molar-refractivity contribution >= 4 is 34.3 Å². The molecule has 1 aliphatic carbocycles. The van der Waals surface area contributed by atoms with Crippen LogP contribution in [0, 0.1) is 20.8 Å². The van der Waals surface area contributed by atoms with Gasteiger partial charge in [0.05, 0.1) is 5.69 Å². The van der Waals surface area contributed by atoms with Crippen molar-refractivity contribution in [2.75, 3.05) is 11.9 Å². The SMILES string of the molecule is Cc1cc(C)c(-c2csc(NC(=O)CN3C(=O)NC4(CCc5ccccc54)C3=O)n2)c(C)c1. The summed E-state index contributed by atoms with van der Waals surface area (Å²) in [7, 11) is 0. The molecule has 2 aromatic carbocycles. The minimum atomic E-state index is -1.07. The Labute approximate surface area is 195 Å². The number of carbonyl (C=O) groups excluding carboxylic acids is 3. The summed E-state index contributed by atoms with van der Waals surface area (Å²) >= 11 is 1.32. The fraction of sp³-hybridized carbons (Fsp3) is 0.280. The summed E-state index contributed by atoms with van der Waals surface area (Å²) < 4.78 is 0. The Balaban J connectivity index is 1.31. The molecular formula is C25H24N4O3S. The number of benzene rings is 2. The molecule has 168 valence electrons. The number of hydrogen-bond donors (Lipinski definition) is 2. The van der Waals surface area contributed by atoms with Crippen molar-refractivity contribution in [3.8, 4) is 11.3 Å². The van der Waals surface area contributed by atoms with Gasteiger partial charge in [0.15, 0.2) is 5.13 Å². The molecule has 2 N–H and O–H groups in total. The zero-order valence-electron chi connectivity index (χ0n) is 18.7. The molecule has 0 saturated carbocycles. The number of fused-ring (bicyclic) bond motifs is 2. The molecule has 5 rings (SSSR count). The number of carbonyl (C=O) groups is 3. The van der Waals surface area contributed by atoms with Gasteiger partial charge in [-0.2, -0.15) is 0 Å². The van der Waals surface area contributed by atoms with Gasteiger partial charge in [-0.15, -0.1) is 11.3 Å². The van der Waals surface area contributed by atoms with Crippen LogP contribution in [-0.4, -0.2) is 34.3 Å². The first kappa shape index (κ1) is 21.3. The number of urea groups is 1. The van der Waals surface area contributed by atoms with E-state index in [9.17, 15) is 14.4 Å². The van der Waals surface area contributed by atoms with Crippen LogP contribution in [-0.2, 0) is 21.5 Å². The van der Waals surface area contributed by atoms with E-state index in [2.05, 4.69) is 34.7 Å². The second kappa shape index (κ2) is 7.81. The largest absolute Gasteiger partial charge is 0.325 e. The van der Waals surface area contributed by atoms with Gasteiger partial charge in [0, 0.05) is 10.9 Å². The van der Waals surface area contributed by atoms with Crippen LogP contribution >= 0.6 is 11.3 Å². The Morgan fingerprint density at radius 1 is 1.18 bits per heavy atom. The molecule has 3 aromatic rings. The van der Waals surface area contributed by atoms with Gasteiger partial charge in [-0.05, 0) is 55.9 Å². The summed E-state index contributed by atoms with van der Waals surface area (Å²) in [5.41, 5.74) is 6.08. The van der Waals surface area contributed by atoms with Gasteiger partial charge in [-0.3, -0.25) is 14.5 Å². The van der Waals surface area contributed by atoms with Crippen LogP contribution in [0.4, 0.5) is 9.93 Å². The first-order valence-electron chi connectivity index (χ1n) is 10.8. The Morgan fingerprint density at radius 3 is 2.67 bits per heavy atom.